The molecule has 2 rings (SSSR count). The van der Waals surface area contributed by atoms with Crippen LogP contribution in [0.4, 0.5) is 4.39 Å². The maximum atomic E-state index is 13.0. The maximum Gasteiger partial charge on any atom is 0.326 e. The molecule has 0 heterocycles. The van der Waals surface area contributed by atoms with E-state index in [0.717, 1.165) is 11.6 Å². The van der Waals surface area contributed by atoms with Crippen LogP contribution >= 0.6 is 0 Å². The number of hydrogen-bond donors (Lipinski definition) is 1. The van der Waals surface area contributed by atoms with Gasteiger partial charge in [0.1, 0.15) is 18.5 Å². The van der Waals surface area contributed by atoms with Gasteiger partial charge in [-0.1, -0.05) is 36.4 Å². The number of amides is 1. The van der Waals surface area contributed by atoms with Crippen LogP contribution in [0.15, 0.2) is 54.6 Å². The number of hydrogen-bond acceptors (Lipinski definition) is 3. The molecule has 1 N–H and O–H groups in total. The highest BCUT2D eigenvalue weighted by Crippen LogP contribution is 2.15. The molecule has 0 radical (unpaired) electrons. The number of ether oxygens (including phenoxy) is 1. The van der Waals surface area contributed by atoms with Crippen molar-refractivity contribution in [2.24, 2.45) is 0 Å². The standard InChI is InChI=1S/C17H16FNO3/c1-12(13-6-3-2-4-7-13)22-16(20)11-19-17(21)14-8-5-9-15(18)10-14/h2-10,12H,11H2,1H3,(H,19,21)/t12-/m0/s1. The molecule has 0 unspecified atom stereocenters. The second-order valence-corrected chi connectivity index (χ2v) is 4.74. The molecule has 1 amide bonds. The molecular formula is C17H16FNO3. The number of benzene rings is 2. The van der Waals surface area contributed by atoms with Gasteiger partial charge in [0.25, 0.3) is 5.91 Å². The van der Waals surface area contributed by atoms with E-state index in [9.17, 15) is 14.0 Å². The highest BCUT2D eigenvalue weighted by atomic mass is 19.1. The third kappa shape index (κ3) is 4.41. The fourth-order valence-corrected chi connectivity index (χ4v) is 1.92. The molecule has 0 bridgehead atoms. The number of halogens is 1. The number of carbonyl (C=O) groups is 2. The fourth-order valence-electron chi connectivity index (χ4n) is 1.92. The van der Waals surface area contributed by atoms with E-state index in [0.29, 0.717) is 0 Å². The summed E-state index contributed by atoms with van der Waals surface area (Å²) in [7, 11) is 0. The summed E-state index contributed by atoms with van der Waals surface area (Å²) in [6, 6.07) is 14.5. The van der Waals surface area contributed by atoms with Crippen molar-refractivity contribution in [2.45, 2.75) is 13.0 Å². The van der Waals surface area contributed by atoms with Gasteiger partial charge in [-0.15, -0.1) is 0 Å². The van der Waals surface area contributed by atoms with Crippen LogP contribution in [0.5, 0.6) is 0 Å². The lowest BCUT2D eigenvalue weighted by atomic mass is 10.1. The third-order valence-electron chi connectivity index (χ3n) is 3.06. The van der Waals surface area contributed by atoms with Gasteiger partial charge in [0, 0.05) is 5.56 Å². The summed E-state index contributed by atoms with van der Waals surface area (Å²) >= 11 is 0. The molecule has 0 saturated carbocycles. The molecule has 0 aliphatic carbocycles. The summed E-state index contributed by atoms with van der Waals surface area (Å²) in [5, 5.41) is 2.40. The van der Waals surface area contributed by atoms with Crippen LogP contribution in [0.1, 0.15) is 28.9 Å². The molecular weight excluding hydrogens is 285 g/mol. The molecule has 0 fully saturated rings. The van der Waals surface area contributed by atoms with E-state index in [1.807, 2.05) is 30.3 Å². The summed E-state index contributed by atoms with van der Waals surface area (Å²) in [6.07, 6.45) is -0.403. The van der Waals surface area contributed by atoms with E-state index < -0.39 is 23.8 Å². The van der Waals surface area contributed by atoms with Crippen LogP contribution in [-0.4, -0.2) is 18.4 Å². The largest absolute Gasteiger partial charge is 0.456 e. The Balaban J connectivity index is 1.84. The summed E-state index contributed by atoms with van der Waals surface area (Å²) in [5.41, 5.74) is 1.02. The molecule has 2 aromatic rings. The van der Waals surface area contributed by atoms with Gasteiger partial charge < -0.3 is 10.1 Å². The quantitative estimate of drug-likeness (QED) is 0.864. The van der Waals surface area contributed by atoms with Gasteiger partial charge in [-0.25, -0.2) is 4.39 Å². The Kier molecular flexibility index (Phi) is 5.25. The summed E-state index contributed by atoms with van der Waals surface area (Å²) in [5.74, 6) is -1.59. The molecule has 22 heavy (non-hydrogen) atoms. The monoisotopic (exact) mass is 301 g/mol. The molecule has 0 aliphatic heterocycles. The van der Waals surface area contributed by atoms with Crippen molar-refractivity contribution in [2.75, 3.05) is 6.54 Å². The van der Waals surface area contributed by atoms with E-state index in [1.54, 1.807) is 6.92 Å². The number of rotatable bonds is 5. The normalized spacial score (nSPS) is 11.5. The smallest absolute Gasteiger partial charge is 0.326 e. The number of nitrogens with one attached hydrogen (secondary N) is 1. The Hall–Kier alpha value is -2.69. The minimum Gasteiger partial charge on any atom is -0.456 e. The first kappa shape index (κ1) is 15.7. The van der Waals surface area contributed by atoms with Crippen molar-refractivity contribution in [1.29, 1.82) is 0 Å². The summed E-state index contributed by atoms with van der Waals surface area (Å²) < 4.78 is 18.2. The highest BCUT2D eigenvalue weighted by Gasteiger charge is 2.13. The van der Waals surface area contributed by atoms with Gasteiger partial charge in [0.05, 0.1) is 0 Å². The Labute approximate surface area is 127 Å². The minimum absolute atomic E-state index is 0.156. The topological polar surface area (TPSA) is 55.4 Å². The molecule has 2 aromatic carbocycles. The molecule has 114 valence electrons. The third-order valence-corrected chi connectivity index (χ3v) is 3.06. The Morgan fingerprint density at radius 1 is 1.14 bits per heavy atom. The van der Waals surface area contributed by atoms with Crippen molar-refractivity contribution >= 4 is 11.9 Å². The number of esters is 1. The Morgan fingerprint density at radius 2 is 1.86 bits per heavy atom. The molecule has 0 aromatic heterocycles. The van der Waals surface area contributed by atoms with Crippen molar-refractivity contribution in [1.82, 2.24) is 5.32 Å². The molecule has 5 heteroatoms. The van der Waals surface area contributed by atoms with E-state index in [4.69, 9.17) is 4.74 Å². The minimum atomic E-state index is -0.555. The zero-order valence-corrected chi connectivity index (χ0v) is 12.1. The lowest BCUT2D eigenvalue weighted by Crippen LogP contribution is -2.31. The zero-order chi connectivity index (χ0) is 15.9. The average Bonchev–Trinajstić information content (AvgIpc) is 2.53. The van der Waals surface area contributed by atoms with E-state index >= 15 is 0 Å². The van der Waals surface area contributed by atoms with E-state index in [2.05, 4.69) is 5.32 Å². The van der Waals surface area contributed by atoms with Crippen LogP contribution in [0.25, 0.3) is 0 Å². The van der Waals surface area contributed by atoms with Gasteiger partial charge in [-0.3, -0.25) is 9.59 Å². The predicted molar refractivity (Wildman–Crippen MR) is 79.7 cm³/mol. The summed E-state index contributed by atoms with van der Waals surface area (Å²) in [4.78, 5) is 23.5. The first-order valence-corrected chi connectivity index (χ1v) is 6.84. The van der Waals surface area contributed by atoms with Gasteiger partial charge in [0.15, 0.2) is 0 Å². The van der Waals surface area contributed by atoms with Gasteiger partial charge in [-0.05, 0) is 30.7 Å². The molecule has 0 spiro atoms. The van der Waals surface area contributed by atoms with Crippen molar-refractivity contribution in [3.63, 3.8) is 0 Å². The molecule has 1 atom stereocenters. The molecule has 0 saturated heterocycles. The lowest BCUT2D eigenvalue weighted by molar-refractivity contribution is -0.147. The van der Waals surface area contributed by atoms with Crippen molar-refractivity contribution < 1.29 is 18.7 Å². The molecule has 0 aliphatic rings. The average molecular weight is 301 g/mol. The first-order valence-electron chi connectivity index (χ1n) is 6.84. The van der Waals surface area contributed by atoms with E-state index in [1.165, 1.54) is 18.2 Å². The lowest BCUT2D eigenvalue weighted by Gasteiger charge is -2.13. The van der Waals surface area contributed by atoms with E-state index in [-0.39, 0.29) is 12.1 Å². The van der Waals surface area contributed by atoms with Crippen LogP contribution in [0.3, 0.4) is 0 Å². The Bertz CT molecular complexity index is 658. The van der Waals surface area contributed by atoms with Gasteiger partial charge >= 0.3 is 5.97 Å². The molecule has 4 nitrogen and oxygen atoms in total. The second-order valence-electron chi connectivity index (χ2n) is 4.74. The van der Waals surface area contributed by atoms with Crippen molar-refractivity contribution in [3.8, 4) is 0 Å². The van der Waals surface area contributed by atoms with Crippen LogP contribution in [-0.2, 0) is 9.53 Å². The van der Waals surface area contributed by atoms with Crippen LogP contribution < -0.4 is 5.32 Å². The Morgan fingerprint density at radius 3 is 2.55 bits per heavy atom. The van der Waals surface area contributed by atoms with Gasteiger partial charge in [0.2, 0.25) is 0 Å². The number of carbonyl (C=O) groups excluding carboxylic acids is 2. The van der Waals surface area contributed by atoms with Gasteiger partial charge in [-0.2, -0.15) is 0 Å². The summed E-state index contributed by atoms with van der Waals surface area (Å²) in [6.45, 7) is 1.48. The highest BCUT2D eigenvalue weighted by molar-refractivity contribution is 5.95. The second kappa shape index (κ2) is 7.36. The fraction of sp³-hybridized carbons (Fsp3) is 0.176. The van der Waals surface area contributed by atoms with Crippen molar-refractivity contribution in [3.05, 3.63) is 71.5 Å². The predicted octanol–water partition coefficient (Wildman–Crippen LogP) is 2.86. The first-order chi connectivity index (χ1) is 10.6. The maximum absolute atomic E-state index is 13.0. The van der Waals surface area contributed by atoms with Crippen LogP contribution in [0, 0.1) is 5.82 Å². The van der Waals surface area contributed by atoms with Crippen LogP contribution in [0.2, 0.25) is 0 Å². The SMILES string of the molecule is C[C@H](OC(=O)CNC(=O)c1cccc(F)c1)c1ccccc1. The zero-order valence-electron chi connectivity index (χ0n) is 12.1.